The number of carbonyl (C=O) groups is 1. The number of hydrogen-bond acceptors (Lipinski definition) is 3. The molecule has 0 atom stereocenters. The van der Waals surface area contributed by atoms with Crippen LogP contribution in [-0.4, -0.2) is 6.29 Å². The fourth-order valence-electron chi connectivity index (χ4n) is 1.57. The lowest BCUT2D eigenvalue weighted by Gasteiger charge is -2.10. The molecule has 2 aromatic carbocycles. The van der Waals surface area contributed by atoms with Gasteiger partial charge in [-0.15, -0.1) is 0 Å². The van der Waals surface area contributed by atoms with Crippen molar-refractivity contribution in [3.8, 4) is 17.6 Å². The molecule has 0 bridgehead atoms. The van der Waals surface area contributed by atoms with E-state index in [9.17, 15) is 4.79 Å². The highest BCUT2D eigenvalue weighted by Crippen LogP contribution is 2.32. The molecule has 0 aromatic heterocycles. The summed E-state index contributed by atoms with van der Waals surface area (Å²) in [5, 5.41) is 9.22. The van der Waals surface area contributed by atoms with Gasteiger partial charge >= 0.3 is 0 Å². The maximum absolute atomic E-state index is 10.6. The Balaban J connectivity index is 2.36. The van der Waals surface area contributed by atoms with Crippen molar-refractivity contribution < 1.29 is 9.53 Å². The number of ether oxygens (including phenoxy) is 1. The van der Waals surface area contributed by atoms with Gasteiger partial charge in [-0.3, -0.25) is 4.79 Å². The van der Waals surface area contributed by atoms with Crippen LogP contribution in [0.25, 0.3) is 0 Å². The molecule has 0 spiro atoms. The molecule has 0 N–H and O–H groups in total. The molecule has 2 rings (SSSR count). The van der Waals surface area contributed by atoms with E-state index in [4.69, 9.17) is 21.6 Å². The number of nitrogens with zero attached hydrogens (tertiary/aromatic N) is 1. The summed E-state index contributed by atoms with van der Waals surface area (Å²) in [5.74, 6) is 1.02. The average molecular weight is 272 g/mol. The van der Waals surface area contributed by atoms with Crippen molar-refractivity contribution in [3.05, 3.63) is 58.1 Å². The third-order valence-corrected chi connectivity index (χ3v) is 2.92. The minimum absolute atomic E-state index is 0.353. The molecule has 0 aliphatic rings. The summed E-state index contributed by atoms with van der Waals surface area (Å²) in [4.78, 5) is 10.6. The van der Waals surface area contributed by atoms with Crippen molar-refractivity contribution in [1.29, 1.82) is 5.26 Å². The number of hydrogen-bond donors (Lipinski definition) is 0. The average Bonchev–Trinajstić information content (AvgIpc) is 2.43. The Morgan fingerprint density at radius 3 is 2.63 bits per heavy atom. The van der Waals surface area contributed by atoms with Crippen LogP contribution in [0.3, 0.4) is 0 Å². The summed E-state index contributed by atoms with van der Waals surface area (Å²) in [7, 11) is 0. The van der Waals surface area contributed by atoms with Crippen molar-refractivity contribution >= 4 is 17.9 Å². The Morgan fingerprint density at radius 2 is 2.00 bits per heavy atom. The zero-order valence-electron chi connectivity index (χ0n) is 10.2. The Morgan fingerprint density at radius 1 is 1.21 bits per heavy atom. The summed E-state index contributed by atoms with van der Waals surface area (Å²) in [6.45, 7) is 1.88. The molecule has 2 aromatic rings. The van der Waals surface area contributed by atoms with Gasteiger partial charge in [0.2, 0.25) is 0 Å². The van der Waals surface area contributed by atoms with Crippen LogP contribution in [0.5, 0.6) is 11.5 Å². The first-order valence-corrected chi connectivity index (χ1v) is 5.95. The van der Waals surface area contributed by atoms with Gasteiger partial charge in [0.1, 0.15) is 17.8 Å². The summed E-state index contributed by atoms with van der Waals surface area (Å²) in [6, 6.07) is 12.0. The third kappa shape index (κ3) is 2.93. The number of aldehydes is 1. The van der Waals surface area contributed by atoms with Crippen molar-refractivity contribution in [1.82, 2.24) is 0 Å². The lowest BCUT2D eigenvalue weighted by Crippen LogP contribution is -1.90. The van der Waals surface area contributed by atoms with Crippen LogP contribution in [0, 0.1) is 18.3 Å². The predicted octanol–water partition coefficient (Wildman–Crippen LogP) is 4.12. The fourth-order valence-corrected chi connectivity index (χ4v) is 1.80. The molecule has 0 aliphatic heterocycles. The Labute approximate surface area is 116 Å². The first-order valence-electron chi connectivity index (χ1n) is 5.57. The molecule has 0 saturated carbocycles. The molecule has 94 valence electrons. The number of nitriles is 1. The normalized spacial score (nSPS) is 9.74. The quantitative estimate of drug-likeness (QED) is 0.789. The molecule has 0 aliphatic carbocycles. The van der Waals surface area contributed by atoms with Crippen molar-refractivity contribution in [2.24, 2.45) is 0 Å². The van der Waals surface area contributed by atoms with Crippen molar-refractivity contribution in [3.63, 3.8) is 0 Å². The van der Waals surface area contributed by atoms with Gasteiger partial charge in [-0.1, -0.05) is 17.7 Å². The highest BCUT2D eigenvalue weighted by atomic mass is 35.5. The lowest BCUT2D eigenvalue weighted by atomic mass is 10.1. The molecule has 0 radical (unpaired) electrons. The van der Waals surface area contributed by atoms with Gasteiger partial charge in [0.15, 0.2) is 0 Å². The van der Waals surface area contributed by atoms with Crippen molar-refractivity contribution in [2.45, 2.75) is 6.92 Å². The third-order valence-electron chi connectivity index (χ3n) is 2.63. The van der Waals surface area contributed by atoms with Gasteiger partial charge in [0.25, 0.3) is 0 Å². The first-order chi connectivity index (χ1) is 9.13. The van der Waals surface area contributed by atoms with E-state index in [0.29, 0.717) is 27.6 Å². The SMILES string of the molecule is Cc1ccc(C#N)cc1Oc1ccc(C=O)cc1Cl. The van der Waals surface area contributed by atoms with E-state index in [1.807, 2.05) is 13.0 Å². The van der Waals surface area contributed by atoms with Gasteiger partial charge < -0.3 is 4.74 Å². The van der Waals surface area contributed by atoms with E-state index in [1.165, 1.54) is 6.07 Å². The Kier molecular flexibility index (Phi) is 3.84. The summed E-state index contributed by atoms with van der Waals surface area (Å²) in [5.41, 5.74) is 1.90. The van der Waals surface area contributed by atoms with Gasteiger partial charge in [-0.25, -0.2) is 0 Å². The monoisotopic (exact) mass is 271 g/mol. The number of halogens is 1. The summed E-state index contributed by atoms with van der Waals surface area (Å²) in [6.07, 6.45) is 0.719. The van der Waals surface area contributed by atoms with Crippen molar-refractivity contribution in [2.75, 3.05) is 0 Å². The predicted molar refractivity (Wildman–Crippen MR) is 72.8 cm³/mol. The lowest BCUT2D eigenvalue weighted by molar-refractivity contribution is 0.112. The van der Waals surface area contributed by atoms with Crippen LogP contribution in [0.1, 0.15) is 21.5 Å². The van der Waals surface area contributed by atoms with Crippen LogP contribution < -0.4 is 4.74 Å². The van der Waals surface area contributed by atoms with Gasteiger partial charge in [-0.05, 0) is 42.8 Å². The van der Waals surface area contributed by atoms with Gasteiger partial charge in [0, 0.05) is 5.56 Å². The summed E-state index contributed by atoms with van der Waals surface area (Å²) < 4.78 is 5.68. The number of aryl methyl sites for hydroxylation is 1. The highest BCUT2D eigenvalue weighted by Gasteiger charge is 2.07. The molecular weight excluding hydrogens is 262 g/mol. The van der Waals surface area contributed by atoms with E-state index in [1.54, 1.807) is 24.3 Å². The largest absolute Gasteiger partial charge is 0.455 e. The van der Waals surface area contributed by atoms with E-state index in [-0.39, 0.29) is 0 Å². The summed E-state index contributed by atoms with van der Waals surface area (Å²) >= 11 is 6.04. The van der Waals surface area contributed by atoms with Gasteiger partial charge in [0.05, 0.1) is 16.7 Å². The maximum Gasteiger partial charge on any atom is 0.150 e. The van der Waals surface area contributed by atoms with Crippen LogP contribution in [0.15, 0.2) is 36.4 Å². The number of benzene rings is 2. The van der Waals surface area contributed by atoms with Crippen LogP contribution in [-0.2, 0) is 0 Å². The molecule has 0 saturated heterocycles. The molecule has 0 heterocycles. The van der Waals surface area contributed by atoms with Crippen LogP contribution in [0.2, 0.25) is 5.02 Å². The highest BCUT2D eigenvalue weighted by molar-refractivity contribution is 6.32. The molecule has 4 heteroatoms. The Hall–Kier alpha value is -2.31. The minimum Gasteiger partial charge on any atom is -0.455 e. The number of rotatable bonds is 3. The van der Waals surface area contributed by atoms with Crippen LogP contribution >= 0.6 is 11.6 Å². The van der Waals surface area contributed by atoms with E-state index in [0.717, 1.165) is 11.8 Å². The molecule has 3 nitrogen and oxygen atoms in total. The van der Waals surface area contributed by atoms with Gasteiger partial charge in [-0.2, -0.15) is 5.26 Å². The maximum atomic E-state index is 10.6. The zero-order chi connectivity index (χ0) is 13.8. The van der Waals surface area contributed by atoms with Crippen LogP contribution in [0.4, 0.5) is 0 Å². The molecule has 0 unspecified atom stereocenters. The second-order valence-electron chi connectivity index (χ2n) is 4.00. The zero-order valence-corrected chi connectivity index (χ0v) is 10.9. The molecule has 0 fully saturated rings. The second kappa shape index (κ2) is 5.55. The molecular formula is C15H10ClNO2. The van der Waals surface area contributed by atoms with E-state index in [2.05, 4.69) is 6.07 Å². The molecule has 19 heavy (non-hydrogen) atoms. The number of carbonyl (C=O) groups excluding carboxylic acids is 1. The topological polar surface area (TPSA) is 50.1 Å². The second-order valence-corrected chi connectivity index (χ2v) is 4.41. The fraction of sp³-hybridized carbons (Fsp3) is 0.0667. The van der Waals surface area contributed by atoms with E-state index < -0.39 is 0 Å². The van der Waals surface area contributed by atoms with E-state index >= 15 is 0 Å². The minimum atomic E-state index is 0.353. The first kappa shape index (κ1) is 13.1. The standard InChI is InChI=1S/C15H10ClNO2/c1-10-2-3-11(8-17)7-15(10)19-14-5-4-12(9-18)6-13(14)16/h2-7,9H,1H3. The molecule has 0 amide bonds. The smallest absolute Gasteiger partial charge is 0.150 e. The Bertz CT molecular complexity index is 674.